The number of sulfone groups is 1. The molecule has 0 saturated heterocycles. The first-order valence-corrected chi connectivity index (χ1v) is 11.9. The van der Waals surface area contributed by atoms with Gasteiger partial charge in [-0.1, -0.05) is 36.4 Å². The predicted molar refractivity (Wildman–Crippen MR) is 115 cm³/mol. The quantitative estimate of drug-likeness (QED) is 0.533. The van der Waals surface area contributed by atoms with Crippen LogP contribution >= 0.6 is 0 Å². The highest BCUT2D eigenvalue weighted by Crippen LogP contribution is 2.36. The minimum Gasteiger partial charge on any atom is -0.336 e. The number of alkyl halides is 3. The van der Waals surface area contributed by atoms with Gasteiger partial charge in [-0.25, -0.2) is 8.42 Å². The van der Waals surface area contributed by atoms with Crippen LogP contribution < -0.4 is 16.4 Å². The van der Waals surface area contributed by atoms with E-state index in [0.29, 0.717) is 24.0 Å². The molecule has 7 nitrogen and oxygen atoms in total. The second-order valence-corrected chi connectivity index (χ2v) is 10.0. The van der Waals surface area contributed by atoms with Gasteiger partial charge in [0.25, 0.3) is 0 Å². The minimum absolute atomic E-state index is 0.119. The highest BCUT2D eigenvalue weighted by atomic mass is 32.2. The summed E-state index contributed by atoms with van der Waals surface area (Å²) in [7, 11) is -3.36. The molecule has 2 atom stereocenters. The molecule has 2 aromatic rings. The number of benzene rings is 2. The van der Waals surface area contributed by atoms with E-state index in [1.807, 2.05) is 6.07 Å². The average molecular weight is 481 g/mol. The fraction of sp³-hybridized carbons (Fsp3) is 0.364. The smallest absolute Gasteiger partial charge is 0.336 e. The molecule has 1 amide bonds. The lowest BCUT2D eigenvalue weighted by atomic mass is 9.99. The Morgan fingerprint density at radius 2 is 1.64 bits per heavy atom. The van der Waals surface area contributed by atoms with Crippen molar-refractivity contribution in [2.45, 2.75) is 41.5 Å². The van der Waals surface area contributed by atoms with Crippen molar-refractivity contribution in [1.29, 1.82) is 5.26 Å². The number of carbonyl (C=O) groups is 1. The maximum atomic E-state index is 13.8. The number of halogens is 3. The monoisotopic (exact) mass is 480 g/mol. The van der Waals surface area contributed by atoms with Gasteiger partial charge in [0.15, 0.2) is 9.84 Å². The summed E-state index contributed by atoms with van der Waals surface area (Å²) in [6, 6.07) is 9.99. The first-order valence-electron chi connectivity index (χ1n) is 10.1. The zero-order chi connectivity index (χ0) is 24.4. The van der Waals surface area contributed by atoms with Crippen molar-refractivity contribution in [2.75, 3.05) is 12.8 Å². The number of carbonyl (C=O) groups excluding carboxylic acids is 1. The maximum absolute atomic E-state index is 13.8. The molecule has 1 aliphatic rings. The second-order valence-electron chi connectivity index (χ2n) is 8.03. The van der Waals surface area contributed by atoms with Crippen molar-refractivity contribution in [3.05, 3.63) is 54.1 Å². The van der Waals surface area contributed by atoms with Crippen molar-refractivity contribution in [3.8, 4) is 17.2 Å². The summed E-state index contributed by atoms with van der Waals surface area (Å²) in [6.45, 7) is -0.384. The number of nitriles is 1. The lowest BCUT2D eigenvalue weighted by Crippen LogP contribution is -2.54. The molecule has 0 bridgehead atoms. The van der Waals surface area contributed by atoms with Crippen molar-refractivity contribution in [3.63, 3.8) is 0 Å². The summed E-state index contributed by atoms with van der Waals surface area (Å²) in [5, 5.41) is 13.8. The van der Waals surface area contributed by atoms with Gasteiger partial charge in [-0.05, 0) is 41.7 Å². The maximum Gasteiger partial charge on any atom is 0.407 e. The third-order valence-electron chi connectivity index (χ3n) is 5.43. The Bertz CT molecular complexity index is 1150. The highest BCUT2D eigenvalue weighted by Gasteiger charge is 2.47. The van der Waals surface area contributed by atoms with Gasteiger partial charge in [0.1, 0.15) is 11.6 Å². The molecule has 11 heteroatoms. The molecule has 1 aliphatic carbocycles. The summed E-state index contributed by atoms with van der Waals surface area (Å²) in [6.07, 6.45) is -2.73. The Kier molecular flexibility index (Phi) is 6.83. The zero-order valence-corrected chi connectivity index (χ0v) is 18.5. The molecule has 1 saturated carbocycles. The molecule has 4 N–H and O–H groups in total. The van der Waals surface area contributed by atoms with Gasteiger partial charge < -0.3 is 11.1 Å². The van der Waals surface area contributed by atoms with Crippen LogP contribution in [0, 0.1) is 11.3 Å². The third kappa shape index (κ3) is 5.90. The molecule has 1 fully saturated rings. The number of rotatable bonds is 8. The number of nitrogens with one attached hydrogen (secondary N) is 2. The van der Waals surface area contributed by atoms with Crippen molar-refractivity contribution in [1.82, 2.24) is 10.6 Å². The van der Waals surface area contributed by atoms with Crippen LogP contribution in [0.2, 0.25) is 0 Å². The molecule has 2 aromatic carbocycles. The number of nitrogens with zero attached hydrogens (tertiary/aromatic N) is 1. The van der Waals surface area contributed by atoms with Crippen LogP contribution in [0.5, 0.6) is 0 Å². The Labute approximate surface area is 189 Å². The van der Waals surface area contributed by atoms with Crippen LogP contribution in [-0.2, 0) is 14.6 Å². The Hall–Kier alpha value is -2.94. The summed E-state index contributed by atoms with van der Waals surface area (Å²) >= 11 is 0. The largest absolute Gasteiger partial charge is 0.407 e. The Morgan fingerprint density at radius 3 is 2.03 bits per heavy atom. The zero-order valence-electron chi connectivity index (χ0n) is 17.7. The van der Waals surface area contributed by atoms with Gasteiger partial charge in [0.05, 0.1) is 17.0 Å². The fourth-order valence-corrected chi connectivity index (χ4v) is 3.94. The molecule has 0 spiro atoms. The Morgan fingerprint density at radius 1 is 1.12 bits per heavy atom. The van der Waals surface area contributed by atoms with Crippen molar-refractivity contribution < 1.29 is 26.4 Å². The molecule has 0 radical (unpaired) electrons. The summed E-state index contributed by atoms with van der Waals surface area (Å²) < 4.78 is 64.6. The fourth-order valence-electron chi connectivity index (χ4n) is 3.31. The van der Waals surface area contributed by atoms with Crippen molar-refractivity contribution >= 4 is 15.7 Å². The molecule has 0 aromatic heterocycles. The van der Waals surface area contributed by atoms with E-state index >= 15 is 0 Å². The van der Waals surface area contributed by atoms with Crippen molar-refractivity contribution in [2.24, 2.45) is 5.73 Å². The summed E-state index contributed by atoms with van der Waals surface area (Å²) in [5.74, 6) is -0.756. The van der Waals surface area contributed by atoms with E-state index in [9.17, 15) is 26.4 Å². The number of nitrogens with two attached hydrogens (primary N) is 1. The van der Waals surface area contributed by atoms with E-state index in [1.165, 1.54) is 36.4 Å². The molecule has 0 aliphatic heterocycles. The molecular weight excluding hydrogens is 457 g/mol. The van der Waals surface area contributed by atoms with Gasteiger partial charge in [0.2, 0.25) is 5.91 Å². The van der Waals surface area contributed by atoms with Gasteiger partial charge >= 0.3 is 6.18 Å². The van der Waals surface area contributed by atoms with Crippen LogP contribution in [-0.4, -0.2) is 44.9 Å². The van der Waals surface area contributed by atoms with E-state index in [1.54, 1.807) is 12.1 Å². The van der Waals surface area contributed by atoms with Crippen LogP contribution in [0.3, 0.4) is 0 Å². The van der Waals surface area contributed by atoms with Gasteiger partial charge in [-0.3, -0.25) is 10.1 Å². The minimum atomic E-state index is -4.71. The first-order chi connectivity index (χ1) is 15.4. The molecule has 0 unspecified atom stereocenters. The van der Waals surface area contributed by atoms with E-state index < -0.39 is 39.5 Å². The van der Waals surface area contributed by atoms with Crippen LogP contribution in [0.1, 0.15) is 24.4 Å². The molecule has 0 heterocycles. The number of hydrogen-bond acceptors (Lipinski definition) is 6. The van der Waals surface area contributed by atoms with Gasteiger partial charge in [-0.2, -0.15) is 18.4 Å². The molecule has 176 valence electrons. The summed E-state index contributed by atoms with van der Waals surface area (Å²) in [5.41, 5.74) is 5.64. The third-order valence-corrected chi connectivity index (χ3v) is 6.56. The van der Waals surface area contributed by atoms with E-state index in [-0.39, 0.29) is 17.0 Å². The van der Waals surface area contributed by atoms with E-state index in [2.05, 4.69) is 10.6 Å². The lowest BCUT2D eigenvalue weighted by Gasteiger charge is -2.27. The lowest BCUT2D eigenvalue weighted by molar-refractivity contribution is -0.160. The standard InChI is InChI=1S/C22H23F3N4O3S/c1-33(31,32)17-8-6-15(7-9-17)14-2-4-16(5-3-14)19(22(23,24)25)28-18(12-26)20(30)29-21(13-27)10-11-21/h2-9,18-19,28H,10-12,26H2,1H3,(H,29,30)/t18-,19-/m0/s1. The highest BCUT2D eigenvalue weighted by molar-refractivity contribution is 7.90. The Balaban J connectivity index is 1.80. The second kappa shape index (κ2) is 9.13. The molecular formula is C22H23F3N4O3S. The van der Waals surface area contributed by atoms with Crippen LogP contribution in [0.25, 0.3) is 11.1 Å². The normalized spacial score (nSPS) is 17.0. The predicted octanol–water partition coefficient (Wildman–Crippen LogP) is 2.45. The SMILES string of the molecule is CS(=O)(=O)c1ccc(-c2ccc([C@H](N[C@@H](CN)C(=O)NC3(C#N)CC3)C(F)(F)F)cc2)cc1. The van der Waals surface area contributed by atoms with Gasteiger partial charge in [0, 0.05) is 12.8 Å². The first kappa shape index (κ1) is 24.7. The van der Waals surface area contributed by atoms with Crippen LogP contribution in [0.15, 0.2) is 53.4 Å². The van der Waals surface area contributed by atoms with Crippen LogP contribution in [0.4, 0.5) is 13.2 Å². The number of amides is 1. The van der Waals surface area contributed by atoms with Gasteiger partial charge in [-0.15, -0.1) is 0 Å². The number of hydrogen-bond donors (Lipinski definition) is 3. The van der Waals surface area contributed by atoms with E-state index in [0.717, 1.165) is 6.26 Å². The van der Waals surface area contributed by atoms with E-state index in [4.69, 9.17) is 11.0 Å². The average Bonchev–Trinajstić information content (AvgIpc) is 3.53. The molecule has 33 heavy (non-hydrogen) atoms. The molecule has 3 rings (SSSR count). The topological polar surface area (TPSA) is 125 Å². The summed E-state index contributed by atoms with van der Waals surface area (Å²) in [4.78, 5) is 12.5.